The first-order valence-electron chi connectivity index (χ1n) is 11.8. The number of fused-ring (bicyclic) bond motifs is 1. The van der Waals surface area contributed by atoms with Crippen molar-refractivity contribution >= 4 is 27.5 Å². The van der Waals surface area contributed by atoms with Gasteiger partial charge < -0.3 is 14.6 Å². The molecule has 1 N–H and O–H groups in total. The molecule has 2 atom stereocenters. The van der Waals surface area contributed by atoms with E-state index in [-0.39, 0.29) is 12.6 Å². The van der Waals surface area contributed by atoms with Crippen molar-refractivity contribution in [1.29, 1.82) is 0 Å². The molecule has 0 bridgehead atoms. The summed E-state index contributed by atoms with van der Waals surface area (Å²) < 4.78 is 14.3. The number of thiophene rings is 1. The van der Waals surface area contributed by atoms with Gasteiger partial charge in [-0.25, -0.2) is 14.2 Å². The Morgan fingerprint density at radius 1 is 1.17 bits per heavy atom. The van der Waals surface area contributed by atoms with Crippen LogP contribution in [0.2, 0.25) is 0 Å². The zero-order valence-corrected chi connectivity index (χ0v) is 22.0. The molecule has 0 unspecified atom stereocenters. The molecule has 190 valence electrons. The number of ether oxygens (including phenoxy) is 2. The molecule has 8 nitrogen and oxygen atoms in total. The summed E-state index contributed by atoms with van der Waals surface area (Å²) in [6, 6.07) is 9.60. The highest BCUT2D eigenvalue weighted by atomic mass is 32.1. The van der Waals surface area contributed by atoms with Gasteiger partial charge in [-0.15, -0.1) is 11.3 Å². The van der Waals surface area contributed by atoms with Crippen LogP contribution in [0.5, 0.6) is 0 Å². The number of aryl methyl sites for hydroxylation is 1. The zero-order chi connectivity index (χ0) is 25.9. The van der Waals surface area contributed by atoms with Crippen molar-refractivity contribution in [3.63, 3.8) is 0 Å². The summed E-state index contributed by atoms with van der Waals surface area (Å²) >= 11 is 1.33. The number of carbonyl (C=O) groups is 1. The molecular formula is C26H34N2O6S. The molecule has 0 spiro atoms. The molecule has 0 aliphatic rings. The van der Waals surface area contributed by atoms with E-state index >= 15 is 0 Å². The summed E-state index contributed by atoms with van der Waals surface area (Å²) in [5.74, 6) is -1.26. The number of benzene rings is 1. The van der Waals surface area contributed by atoms with E-state index in [2.05, 4.69) is 0 Å². The van der Waals surface area contributed by atoms with Gasteiger partial charge in [0.2, 0.25) is 0 Å². The topological polar surface area (TPSA) is 99.8 Å². The number of nitrogens with zero attached hydrogens (tertiary/aromatic N) is 2. The van der Waals surface area contributed by atoms with Gasteiger partial charge >= 0.3 is 11.7 Å². The molecule has 0 aliphatic heterocycles. The Hall–Kier alpha value is -2.75. The molecule has 3 rings (SSSR count). The summed E-state index contributed by atoms with van der Waals surface area (Å²) in [5.41, 5.74) is -1.42. The smallest absolute Gasteiger partial charge is 0.333 e. The predicted octanol–water partition coefficient (Wildman–Crippen LogP) is 4.45. The van der Waals surface area contributed by atoms with Crippen LogP contribution in [-0.4, -0.2) is 32.9 Å². The van der Waals surface area contributed by atoms with Crippen LogP contribution in [0.15, 0.2) is 39.9 Å². The van der Waals surface area contributed by atoms with Crippen molar-refractivity contribution in [2.45, 2.75) is 78.9 Å². The molecule has 0 fully saturated rings. The van der Waals surface area contributed by atoms with Gasteiger partial charge in [0, 0.05) is 11.5 Å². The third-order valence-corrected chi connectivity index (χ3v) is 7.61. The Bertz CT molecular complexity index is 1310. The van der Waals surface area contributed by atoms with E-state index < -0.39 is 28.9 Å². The number of aliphatic carboxylic acids is 1. The number of carboxylic acids is 1. The van der Waals surface area contributed by atoms with Crippen molar-refractivity contribution in [3.8, 4) is 0 Å². The Kier molecular flexibility index (Phi) is 8.35. The van der Waals surface area contributed by atoms with E-state index in [1.807, 2.05) is 58.0 Å². The van der Waals surface area contributed by atoms with Crippen molar-refractivity contribution in [1.82, 2.24) is 9.13 Å². The number of carboxylic acid groups (broad SMARTS) is 1. The molecule has 0 radical (unpaired) electrons. The highest BCUT2D eigenvalue weighted by molar-refractivity contribution is 7.18. The van der Waals surface area contributed by atoms with Crippen LogP contribution in [-0.2, 0) is 33.0 Å². The van der Waals surface area contributed by atoms with E-state index in [1.54, 1.807) is 0 Å². The standard InChI is InChI=1S/C26H34N2O6S/c1-7-16(3)34-19(18-12-10-9-11-13-18)14-27-23-21(17(4)20(35-23)15-33-8-2)22(29)28(25(27)32)26(5,6)24(30)31/h9-13,16,19H,7-8,14-15H2,1-6H3,(H,30,31)/t16-,19-/m0/s1. The van der Waals surface area contributed by atoms with Crippen LogP contribution in [0, 0.1) is 6.92 Å². The Morgan fingerprint density at radius 2 is 1.83 bits per heavy atom. The van der Waals surface area contributed by atoms with E-state index in [4.69, 9.17) is 9.47 Å². The minimum atomic E-state index is -1.74. The first-order chi connectivity index (χ1) is 16.5. The quantitative estimate of drug-likeness (QED) is 0.416. The van der Waals surface area contributed by atoms with Gasteiger partial charge in [0.1, 0.15) is 16.5 Å². The fraction of sp³-hybridized carbons (Fsp3) is 0.500. The molecule has 0 aliphatic carbocycles. The normalized spacial score (nSPS) is 13.8. The lowest BCUT2D eigenvalue weighted by Crippen LogP contribution is -2.52. The maximum absolute atomic E-state index is 13.8. The Balaban J connectivity index is 2.32. The average molecular weight is 503 g/mol. The first kappa shape index (κ1) is 26.8. The highest BCUT2D eigenvalue weighted by Gasteiger charge is 2.35. The second kappa shape index (κ2) is 10.9. The maximum atomic E-state index is 13.8. The van der Waals surface area contributed by atoms with Crippen LogP contribution in [0.4, 0.5) is 0 Å². The van der Waals surface area contributed by atoms with Gasteiger partial charge in [-0.05, 0) is 52.2 Å². The Labute approximate surface area is 208 Å². The summed E-state index contributed by atoms with van der Waals surface area (Å²) in [6.45, 7) is 11.4. The number of hydrogen-bond donors (Lipinski definition) is 1. The minimum Gasteiger partial charge on any atom is -0.480 e. The van der Waals surface area contributed by atoms with Crippen molar-refractivity contribution < 1.29 is 19.4 Å². The van der Waals surface area contributed by atoms with Gasteiger partial charge in [-0.1, -0.05) is 37.3 Å². The van der Waals surface area contributed by atoms with Gasteiger partial charge in [0.15, 0.2) is 0 Å². The average Bonchev–Trinajstić information content (AvgIpc) is 3.15. The SMILES string of the molecule is CCOCc1sc2c(c1C)c(=O)n(C(C)(C)C(=O)O)c(=O)n2C[C@H](O[C@@H](C)CC)c1ccccc1. The van der Waals surface area contributed by atoms with Crippen LogP contribution in [0.1, 0.15) is 63.1 Å². The molecule has 0 saturated carbocycles. The first-order valence-corrected chi connectivity index (χ1v) is 12.7. The second-order valence-electron chi connectivity index (χ2n) is 9.12. The molecule has 0 saturated heterocycles. The van der Waals surface area contributed by atoms with Crippen molar-refractivity contribution in [2.75, 3.05) is 6.61 Å². The van der Waals surface area contributed by atoms with Crippen molar-refractivity contribution in [3.05, 3.63) is 67.2 Å². The van der Waals surface area contributed by atoms with Gasteiger partial charge in [0.25, 0.3) is 5.56 Å². The van der Waals surface area contributed by atoms with E-state index in [9.17, 15) is 19.5 Å². The monoisotopic (exact) mass is 502 g/mol. The molecule has 0 amide bonds. The van der Waals surface area contributed by atoms with E-state index in [0.29, 0.717) is 29.0 Å². The molecule has 9 heteroatoms. The zero-order valence-electron chi connectivity index (χ0n) is 21.2. The lowest BCUT2D eigenvalue weighted by molar-refractivity contribution is -0.146. The molecule has 2 aromatic heterocycles. The van der Waals surface area contributed by atoms with E-state index in [1.165, 1.54) is 29.8 Å². The van der Waals surface area contributed by atoms with E-state index in [0.717, 1.165) is 21.4 Å². The molecular weight excluding hydrogens is 468 g/mol. The minimum absolute atomic E-state index is 0.0636. The lowest BCUT2D eigenvalue weighted by Gasteiger charge is -2.26. The van der Waals surface area contributed by atoms with Crippen molar-refractivity contribution in [2.24, 2.45) is 0 Å². The van der Waals surface area contributed by atoms with Gasteiger partial charge in [-0.3, -0.25) is 9.36 Å². The lowest BCUT2D eigenvalue weighted by atomic mass is 10.1. The van der Waals surface area contributed by atoms with Crippen LogP contribution >= 0.6 is 11.3 Å². The predicted molar refractivity (Wildman–Crippen MR) is 137 cm³/mol. The second-order valence-corrected chi connectivity index (χ2v) is 10.2. The molecule has 35 heavy (non-hydrogen) atoms. The molecule has 1 aromatic carbocycles. The summed E-state index contributed by atoms with van der Waals surface area (Å²) in [5, 5.41) is 10.2. The summed E-state index contributed by atoms with van der Waals surface area (Å²) in [7, 11) is 0. The summed E-state index contributed by atoms with van der Waals surface area (Å²) in [6.07, 6.45) is 0.255. The fourth-order valence-electron chi connectivity index (χ4n) is 3.91. The highest BCUT2D eigenvalue weighted by Crippen LogP contribution is 2.31. The third kappa shape index (κ3) is 5.27. The Morgan fingerprint density at radius 3 is 2.40 bits per heavy atom. The molecule has 3 aromatic rings. The maximum Gasteiger partial charge on any atom is 0.333 e. The number of rotatable bonds is 11. The van der Waals surface area contributed by atoms with Crippen LogP contribution in [0.3, 0.4) is 0 Å². The van der Waals surface area contributed by atoms with Gasteiger partial charge in [0.05, 0.1) is 24.6 Å². The number of hydrogen-bond acceptors (Lipinski definition) is 6. The molecule has 2 heterocycles. The van der Waals surface area contributed by atoms with Crippen LogP contribution < -0.4 is 11.2 Å². The van der Waals surface area contributed by atoms with Crippen LogP contribution in [0.25, 0.3) is 10.2 Å². The fourth-order valence-corrected chi connectivity index (χ4v) is 5.15. The summed E-state index contributed by atoms with van der Waals surface area (Å²) in [4.78, 5) is 40.8. The largest absolute Gasteiger partial charge is 0.480 e. The third-order valence-electron chi connectivity index (χ3n) is 6.32. The number of aromatic nitrogens is 2. The van der Waals surface area contributed by atoms with Gasteiger partial charge in [-0.2, -0.15) is 0 Å².